The first-order chi connectivity index (χ1) is 13.1. The zero-order valence-electron chi connectivity index (χ0n) is 14.9. The van der Waals surface area contributed by atoms with E-state index >= 15 is 0 Å². The van der Waals surface area contributed by atoms with Crippen molar-refractivity contribution in [2.45, 2.75) is 18.0 Å². The van der Waals surface area contributed by atoms with Gasteiger partial charge in [-0.05, 0) is 24.6 Å². The highest BCUT2D eigenvalue weighted by atomic mass is 32.2. The summed E-state index contributed by atoms with van der Waals surface area (Å²) in [7, 11) is -3.43. The van der Waals surface area contributed by atoms with Gasteiger partial charge in [0.25, 0.3) is 0 Å². The van der Waals surface area contributed by atoms with Crippen LogP contribution in [0.2, 0.25) is 0 Å². The third-order valence-corrected chi connectivity index (χ3v) is 5.12. The van der Waals surface area contributed by atoms with E-state index in [9.17, 15) is 21.6 Å². The molecule has 0 aliphatic carbocycles. The van der Waals surface area contributed by atoms with E-state index in [1.54, 1.807) is 30.3 Å². The lowest BCUT2D eigenvalue weighted by atomic mass is 9.98. The van der Waals surface area contributed by atoms with Gasteiger partial charge in [-0.3, -0.25) is 0 Å². The second-order valence-corrected chi connectivity index (χ2v) is 8.02. The largest absolute Gasteiger partial charge is 0.434 e. The van der Waals surface area contributed by atoms with Crippen LogP contribution in [0, 0.1) is 12.0 Å². The zero-order chi connectivity index (χ0) is 20.5. The second-order valence-electron chi connectivity index (χ2n) is 6.01. The van der Waals surface area contributed by atoms with Gasteiger partial charge in [0.1, 0.15) is 5.69 Å². The van der Waals surface area contributed by atoms with E-state index in [1.807, 2.05) is 0 Å². The summed E-state index contributed by atoms with van der Waals surface area (Å²) < 4.78 is 65.5. The minimum Gasteiger partial charge on any atom is -0.224 e. The van der Waals surface area contributed by atoms with Crippen LogP contribution in [0.3, 0.4) is 0 Å². The van der Waals surface area contributed by atoms with E-state index in [1.165, 1.54) is 31.2 Å². The van der Waals surface area contributed by atoms with Gasteiger partial charge in [0, 0.05) is 23.4 Å². The minimum absolute atomic E-state index is 0.0707. The Hall–Kier alpha value is -3.05. The molecule has 0 saturated heterocycles. The molecule has 0 saturated carbocycles. The van der Waals surface area contributed by atoms with Gasteiger partial charge in [-0.25, -0.2) is 8.42 Å². The fraction of sp³-hybridized carbons (Fsp3) is 0.150. The first kappa shape index (κ1) is 19.7. The summed E-state index contributed by atoms with van der Waals surface area (Å²) in [5, 5.41) is 4.08. The van der Waals surface area contributed by atoms with E-state index in [4.69, 9.17) is 0 Å². The van der Waals surface area contributed by atoms with Crippen molar-refractivity contribution in [2.75, 3.05) is 6.26 Å². The molecule has 0 atom stereocenters. The molecular formula is C20H15F3N2O2S. The van der Waals surface area contributed by atoms with Crippen LogP contribution in [-0.4, -0.2) is 24.5 Å². The Bertz CT molecular complexity index is 1170. The van der Waals surface area contributed by atoms with E-state index in [0.29, 0.717) is 15.8 Å². The molecule has 3 aromatic rings. The first-order valence-electron chi connectivity index (χ1n) is 8.12. The van der Waals surface area contributed by atoms with E-state index < -0.39 is 21.7 Å². The van der Waals surface area contributed by atoms with E-state index in [0.717, 1.165) is 6.26 Å². The summed E-state index contributed by atoms with van der Waals surface area (Å²) in [4.78, 5) is 0.0707. The highest BCUT2D eigenvalue weighted by Crippen LogP contribution is 2.42. The summed E-state index contributed by atoms with van der Waals surface area (Å²) in [6.07, 6.45) is -3.63. The molecule has 0 radical (unpaired) electrons. The molecule has 0 fully saturated rings. The molecule has 0 amide bonds. The molecule has 144 valence electrons. The standard InChI is InChI=1S/C20H15F3N2O2S/c1-3-13-25-19(20(21,22)23)17(14-7-5-4-6-8-14)18(24-25)15-9-11-16(12-10-15)28(2,26)27/h4-12H,1-2H3. The third kappa shape index (κ3) is 3.80. The molecular weight excluding hydrogens is 389 g/mol. The number of hydrogen-bond acceptors (Lipinski definition) is 3. The summed E-state index contributed by atoms with van der Waals surface area (Å²) in [5.74, 6) is 2.44. The molecule has 4 nitrogen and oxygen atoms in total. The van der Waals surface area contributed by atoms with Crippen molar-refractivity contribution < 1.29 is 21.6 Å². The highest BCUT2D eigenvalue weighted by molar-refractivity contribution is 7.90. The number of benzene rings is 2. The monoisotopic (exact) mass is 404 g/mol. The molecule has 3 rings (SSSR count). The normalized spacial score (nSPS) is 11.8. The van der Waals surface area contributed by atoms with Crippen molar-refractivity contribution in [3.05, 3.63) is 60.3 Å². The van der Waals surface area contributed by atoms with Crippen LogP contribution in [-0.2, 0) is 16.0 Å². The maximum absolute atomic E-state index is 13.9. The van der Waals surface area contributed by atoms with Gasteiger partial charge in [-0.2, -0.15) is 23.0 Å². The van der Waals surface area contributed by atoms with Crippen LogP contribution in [0.5, 0.6) is 0 Å². The Morgan fingerprint density at radius 2 is 1.57 bits per heavy atom. The van der Waals surface area contributed by atoms with Gasteiger partial charge in [-0.15, -0.1) is 0 Å². The maximum Gasteiger partial charge on any atom is 0.434 e. The van der Waals surface area contributed by atoms with E-state index in [-0.39, 0.29) is 16.2 Å². The molecule has 0 aliphatic heterocycles. The topological polar surface area (TPSA) is 52.0 Å². The van der Waals surface area contributed by atoms with Crippen molar-refractivity contribution in [1.82, 2.24) is 9.78 Å². The lowest BCUT2D eigenvalue weighted by Gasteiger charge is -2.10. The zero-order valence-corrected chi connectivity index (χ0v) is 15.8. The predicted octanol–water partition coefficient (Wildman–Crippen LogP) is 4.47. The van der Waals surface area contributed by atoms with Gasteiger partial charge in [0.05, 0.1) is 4.90 Å². The van der Waals surface area contributed by atoms with Gasteiger partial charge >= 0.3 is 6.18 Å². The van der Waals surface area contributed by atoms with Crippen LogP contribution < -0.4 is 0 Å². The average molecular weight is 404 g/mol. The Labute approximate surface area is 160 Å². The molecule has 0 unspecified atom stereocenters. The number of hydrogen-bond donors (Lipinski definition) is 0. The Balaban J connectivity index is 2.33. The van der Waals surface area contributed by atoms with Crippen LogP contribution in [0.25, 0.3) is 22.4 Å². The number of nitrogens with zero attached hydrogens (tertiary/aromatic N) is 2. The number of halogens is 3. The molecule has 0 spiro atoms. The SMILES string of the molecule is CC#Cn1nc(-c2ccc(S(C)(=O)=O)cc2)c(-c2ccccc2)c1C(F)(F)F. The van der Waals surface area contributed by atoms with Crippen molar-refractivity contribution >= 4 is 9.84 Å². The van der Waals surface area contributed by atoms with Gasteiger partial charge in [0.2, 0.25) is 0 Å². The number of rotatable bonds is 3. The predicted molar refractivity (Wildman–Crippen MR) is 100 cm³/mol. The Morgan fingerprint density at radius 1 is 0.964 bits per heavy atom. The number of sulfone groups is 1. The lowest BCUT2D eigenvalue weighted by molar-refractivity contribution is -0.142. The average Bonchev–Trinajstić information content (AvgIpc) is 3.02. The molecule has 0 aliphatic rings. The number of alkyl halides is 3. The van der Waals surface area contributed by atoms with Crippen LogP contribution in [0.4, 0.5) is 13.2 Å². The fourth-order valence-corrected chi connectivity index (χ4v) is 3.44. The van der Waals surface area contributed by atoms with Crippen molar-refractivity contribution in [3.8, 4) is 34.3 Å². The summed E-state index contributed by atoms with van der Waals surface area (Å²) >= 11 is 0. The summed E-state index contributed by atoms with van der Waals surface area (Å²) in [6.45, 7) is 1.42. The summed E-state index contributed by atoms with van der Waals surface area (Å²) in [6, 6.07) is 16.0. The van der Waals surface area contributed by atoms with E-state index in [2.05, 4.69) is 17.1 Å². The molecule has 0 N–H and O–H groups in total. The number of aromatic nitrogens is 2. The Kier molecular flexibility index (Phi) is 5.04. The smallest absolute Gasteiger partial charge is 0.224 e. The highest BCUT2D eigenvalue weighted by Gasteiger charge is 2.40. The molecule has 2 aromatic carbocycles. The van der Waals surface area contributed by atoms with Gasteiger partial charge < -0.3 is 0 Å². The van der Waals surface area contributed by atoms with Crippen molar-refractivity contribution in [1.29, 1.82) is 0 Å². The molecule has 8 heteroatoms. The molecule has 0 bridgehead atoms. The first-order valence-corrected chi connectivity index (χ1v) is 10.0. The molecule has 1 heterocycles. The quantitative estimate of drug-likeness (QED) is 0.606. The summed E-state index contributed by atoms with van der Waals surface area (Å²) in [5.41, 5.74) is -0.325. The second kappa shape index (κ2) is 7.17. The van der Waals surface area contributed by atoms with Crippen LogP contribution in [0.15, 0.2) is 59.5 Å². The minimum atomic E-state index is -4.69. The third-order valence-electron chi connectivity index (χ3n) is 3.99. The van der Waals surface area contributed by atoms with Crippen molar-refractivity contribution in [2.24, 2.45) is 0 Å². The van der Waals surface area contributed by atoms with Crippen molar-refractivity contribution in [3.63, 3.8) is 0 Å². The molecule has 1 aromatic heterocycles. The van der Waals surface area contributed by atoms with Gasteiger partial charge in [0.15, 0.2) is 15.5 Å². The Morgan fingerprint density at radius 3 is 2.07 bits per heavy atom. The van der Waals surface area contributed by atoms with Crippen LogP contribution in [0.1, 0.15) is 12.6 Å². The van der Waals surface area contributed by atoms with Crippen LogP contribution >= 0.6 is 0 Å². The fourth-order valence-electron chi connectivity index (χ4n) is 2.81. The maximum atomic E-state index is 13.9. The molecule has 28 heavy (non-hydrogen) atoms. The van der Waals surface area contributed by atoms with Gasteiger partial charge in [-0.1, -0.05) is 48.4 Å². The lowest BCUT2D eigenvalue weighted by Crippen LogP contribution is -2.13.